The molecule has 0 radical (unpaired) electrons. The van der Waals surface area contributed by atoms with Crippen LogP contribution in [0.4, 0.5) is 17.1 Å². The molecule has 2 aliphatic rings. The van der Waals surface area contributed by atoms with Crippen molar-refractivity contribution in [2.45, 2.75) is 63.2 Å². The number of hydrogen-bond donors (Lipinski definition) is 0. The minimum absolute atomic E-state index is 0.726. The first-order valence-corrected chi connectivity index (χ1v) is 17.0. The predicted molar refractivity (Wildman–Crippen MR) is 192 cm³/mol. The normalized spacial score (nSPS) is 15.6. The Balaban J connectivity index is 1.09. The lowest BCUT2D eigenvalue weighted by Crippen LogP contribution is -2.10. The maximum Gasteiger partial charge on any atom is 0.0462 e. The van der Waals surface area contributed by atoms with Gasteiger partial charge in [-0.05, 0) is 118 Å². The van der Waals surface area contributed by atoms with Crippen LogP contribution in [0.3, 0.4) is 0 Å². The SMILES string of the molecule is c1ccc2c(-c3ccc(-c4ccc(N(c5ccc(C6CCCC6)cc5)c5ccc(C6CCCC6)cc5)cc4)cc3)cccc2c1. The van der Waals surface area contributed by atoms with Gasteiger partial charge in [-0.25, -0.2) is 0 Å². The van der Waals surface area contributed by atoms with Crippen LogP contribution < -0.4 is 4.90 Å². The third kappa shape index (κ3) is 5.69. The Labute approximate surface area is 268 Å². The number of anilines is 3. The van der Waals surface area contributed by atoms with Crippen LogP contribution in [0, 0.1) is 0 Å². The Morgan fingerprint density at radius 2 is 0.800 bits per heavy atom. The van der Waals surface area contributed by atoms with Crippen molar-refractivity contribution in [3.8, 4) is 22.3 Å². The van der Waals surface area contributed by atoms with Gasteiger partial charge in [-0.2, -0.15) is 0 Å². The summed E-state index contributed by atoms with van der Waals surface area (Å²) < 4.78 is 0. The number of fused-ring (bicyclic) bond motifs is 1. The fourth-order valence-corrected chi connectivity index (χ4v) is 7.88. The van der Waals surface area contributed by atoms with E-state index in [1.807, 2.05) is 0 Å². The van der Waals surface area contributed by atoms with E-state index in [0.717, 1.165) is 11.8 Å². The molecule has 222 valence electrons. The van der Waals surface area contributed by atoms with E-state index in [1.165, 1.54) is 113 Å². The lowest BCUT2D eigenvalue weighted by molar-refractivity contribution is 0.723. The molecule has 6 aromatic rings. The van der Waals surface area contributed by atoms with Gasteiger partial charge in [-0.15, -0.1) is 0 Å². The van der Waals surface area contributed by atoms with Gasteiger partial charge in [0.1, 0.15) is 0 Å². The van der Waals surface area contributed by atoms with Gasteiger partial charge in [-0.1, -0.05) is 129 Å². The van der Waals surface area contributed by atoms with Crippen LogP contribution in [0.25, 0.3) is 33.0 Å². The molecule has 0 bridgehead atoms. The van der Waals surface area contributed by atoms with Gasteiger partial charge in [-0.3, -0.25) is 0 Å². The minimum Gasteiger partial charge on any atom is -0.311 e. The average molecular weight is 584 g/mol. The van der Waals surface area contributed by atoms with Crippen LogP contribution in [0.15, 0.2) is 140 Å². The van der Waals surface area contributed by atoms with Crippen molar-refractivity contribution in [2.75, 3.05) is 4.90 Å². The quantitative estimate of drug-likeness (QED) is 0.181. The van der Waals surface area contributed by atoms with Crippen LogP contribution in [0.5, 0.6) is 0 Å². The van der Waals surface area contributed by atoms with Gasteiger partial charge >= 0.3 is 0 Å². The van der Waals surface area contributed by atoms with E-state index >= 15 is 0 Å². The van der Waals surface area contributed by atoms with E-state index in [1.54, 1.807) is 0 Å². The number of nitrogens with zero attached hydrogens (tertiary/aromatic N) is 1. The van der Waals surface area contributed by atoms with Crippen molar-refractivity contribution in [2.24, 2.45) is 0 Å². The lowest BCUT2D eigenvalue weighted by Gasteiger charge is -2.27. The first-order valence-electron chi connectivity index (χ1n) is 17.0. The summed E-state index contributed by atoms with van der Waals surface area (Å²) in [5, 5.41) is 2.57. The lowest BCUT2D eigenvalue weighted by atomic mass is 9.96. The molecule has 1 heteroatoms. The second-order valence-corrected chi connectivity index (χ2v) is 13.1. The summed E-state index contributed by atoms with van der Waals surface area (Å²) in [6.07, 6.45) is 10.8. The highest BCUT2D eigenvalue weighted by molar-refractivity contribution is 5.96. The van der Waals surface area contributed by atoms with E-state index in [9.17, 15) is 0 Å². The predicted octanol–water partition coefficient (Wildman–Crippen LogP) is 13.0. The minimum atomic E-state index is 0.726. The molecule has 0 unspecified atom stereocenters. The largest absolute Gasteiger partial charge is 0.311 e. The highest BCUT2D eigenvalue weighted by atomic mass is 15.1. The highest BCUT2D eigenvalue weighted by Gasteiger charge is 2.20. The molecule has 0 amide bonds. The molecule has 0 atom stereocenters. The van der Waals surface area contributed by atoms with Gasteiger partial charge in [0.2, 0.25) is 0 Å². The topological polar surface area (TPSA) is 3.24 Å². The summed E-state index contributed by atoms with van der Waals surface area (Å²) in [7, 11) is 0. The fraction of sp³-hybridized carbons (Fsp3) is 0.227. The fourth-order valence-electron chi connectivity index (χ4n) is 7.88. The first kappa shape index (κ1) is 27.9. The zero-order chi connectivity index (χ0) is 30.0. The summed E-state index contributed by atoms with van der Waals surface area (Å²) in [6, 6.07) is 52.2. The molecule has 0 heterocycles. The first-order chi connectivity index (χ1) is 22.3. The number of rotatable bonds is 7. The van der Waals surface area contributed by atoms with Gasteiger partial charge in [0.15, 0.2) is 0 Å². The van der Waals surface area contributed by atoms with E-state index in [2.05, 4.69) is 144 Å². The molecule has 0 aromatic heterocycles. The van der Waals surface area contributed by atoms with E-state index in [4.69, 9.17) is 0 Å². The van der Waals surface area contributed by atoms with Crippen molar-refractivity contribution in [3.63, 3.8) is 0 Å². The van der Waals surface area contributed by atoms with Gasteiger partial charge < -0.3 is 4.90 Å². The molecule has 0 N–H and O–H groups in total. The third-order valence-electron chi connectivity index (χ3n) is 10.4. The smallest absolute Gasteiger partial charge is 0.0462 e. The monoisotopic (exact) mass is 583 g/mol. The molecule has 8 rings (SSSR count). The van der Waals surface area contributed by atoms with E-state index in [0.29, 0.717) is 0 Å². The molecule has 2 saturated carbocycles. The molecule has 0 saturated heterocycles. The summed E-state index contributed by atoms with van der Waals surface area (Å²) in [5.41, 5.74) is 11.6. The van der Waals surface area contributed by atoms with Gasteiger partial charge in [0.25, 0.3) is 0 Å². The molecule has 6 aromatic carbocycles. The zero-order valence-electron chi connectivity index (χ0n) is 26.0. The summed E-state index contributed by atoms with van der Waals surface area (Å²) in [5.74, 6) is 1.45. The van der Waals surface area contributed by atoms with Gasteiger partial charge in [0, 0.05) is 17.1 Å². The number of hydrogen-bond acceptors (Lipinski definition) is 1. The molecular weight excluding hydrogens is 542 g/mol. The zero-order valence-corrected chi connectivity index (χ0v) is 26.0. The second-order valence-electron chi connectivity index (χ2n) is 13.1. The molecular formula is C44H41N. The summed E-state index contributed by atoms with van der Waals surface area (Å²) >= 11 is 0. The third-order valence-corrected chi connectivity index (χ3v) is 10.4. The van der Waals surface area contributed by atoms with Crippen LogP contribution >= 0.6 is 0 Å². The van der Waals surface area contributed by atoms with Crippen molar-refractivity contribution in [1.82, 2.24) is 0 Å². The van der Waals surface area contributed by atoms with Crippen molar-refractivity contribution < 1.29 is 0 Å². The molecule has 2 aliphatic carbocycles. The molecule has 0 spiro atoms. The van der Waals surface area contributed by atoms with Crippen LogP contribution in [0.2, 0.25) is 0 Å². The van der Waals surface area contributed by atoms with Crippen LogP contribution in [-0.2, 0) is 0 Å². The molecule has 2 fully saturated rings. The van der Waals surface area contributed by atoms with E-state index in [-0.39, 0.29) is 0 Å². The Hall–Kier alpha value is -4.62. The van der Waals surface area contributed by atoms with Gasteiger partial charge in [0.05, 0.1) is 0 Å². The van der Waals surface area contributed by atoms with Crippen molar-refractivity contribution in [1.29, 1.82) is 0 Å². The molecule has 1 nitrogen and oxygen atoms in total. The maximum absolute atomic E-state index is 2.42. The van der Waals surface area contributed by atoms with Crippen LogP contribution in [0.1, 0.15) is 74.3 Å². The van der Waals surface area contributed by atoms with E-state index < -0.39 is 0 Å². The second kappa shape index (κ2) is 12.4. The number of benzene rings is 6. The van der Waals surface area contributed by atoms with Crippen LogP contribution in [-0.4, -0.2) is 0 Å². The standard InChI is InChI=1S/C44H41N/c1-2-9-32(8-1)35-20-26-40(27-21-35)45(41-28-22-36(23-29-41)33-10-3-4-11-33)42-30-24-37(25-31-42)34-16-18-39(19-17-34)44-15-7-13-38-12-5-6-14-43(38)44/h5-7,12-33H,1-4,8-11H2. The van der Waals surface area contributed by atoms with Crippen molar-refractivity contribution in [3.05, 3.63) is 151 Å². The Bertz CT molecular complexity index is 1810. The summed E-state index contributed by atoms with van der Waals surface area (Å²) in [6.45, 7) is 0. The Morgan fingerprint density at radius 1 is 0.378 bits per heavy atom. The molecule has 45 heavy (non-hydrogen) atoms. The molecule has 0 aliphatic heterocycles. The Kier molecular flexibility index (Phi) is 7.69. The summed E-state index contributed by atoms with van der Waals surface area (Å²) in [4.78, 5) is 2.42. The van der Waals surface area contributed by atoms with Crippen molar-refractivity contribution >= 4 is 27.8 Å². The highest BCUT2D eigenvalue weighted by Crippen LogP contribution is 2.41. The average Bonchev–Trinajstić information content (AvgIpc) is 3.86. The Morgan fingerprint density at radius 3 is 1.33 bits per heavy atom. The maximum atomic E-state index is 2.42.